The molecule has 1 heterocycles. The van der Waals surface area contributed by atoms with Gasteiger partial charge in [-0.2, -0.15) is 4.31 Å². The molecular formula is C20H24N2O6S2. The molecule has 0 aliphatic carbocycles. The quantitative estimate of drug-likeness (QED) is 0.695. The highest BCUT2D eigenvalue weighted by Crippen LogP contribution is 2.26. The number of rotatable bonds is 6. The van der Waals surface area contributed by atoms with E-state index in [0.717, 1.165) is 18.9 Å². The van der Waals surface area contributed by atoms with Gasteiger partial charge in [-0.25, -0.2) is 21.6 Å². The summed E-state index contributed by atoms with van der Waals surface area (Å²) in [5.74, 6) is -0.933. The van der Waals surface area contributed by atoms with Crippen molar-refractivity contribution < 1.29 is 26.7 Å². The van der Waals surface area contributed by atoms with E-state index in [1.54, 1.807) is 6.92 Å². The number of aryl methyl sites for hydroxylation is 1. The second kappa shape index (κ2) is 8.37. The van der Waals surface area contributed by atoms with Gasteiger partial charge in [0.25, 0.3) is 10.0 Å². The van der Waals surface area contributed by atoms with Crippen LogP contribution in [0, 0.1) is 12.8 Å². The molecule has 2 aromatic rings. The Morgan fingerprint density at radius 1 is 1.10 bits per heavy atom. The first-order chi connectivity index (χ1) is 14.0. The van der Waals surface area contributed by atoms with Crippen LogP contribution in [0.1, 0.15) is 35.7 Å². The highest BCUT2D eigenvalue weighted by atomic mass is 32.2. The Hall–Kier alpha value is -2.43. The van der Waals surface area contributed by atoms with Crippen molar-refractivity contribution in [3.8, 4) is 0 Å². The SMILES string of the molecule is Cc1ccc(C(=O)O)cc1S(=O)(=O)Nc1ccc(S(=O)(=O)N2CCCC(C)C2)cc1. The zero-order valence-corrected chi connectivity index (χ0v) is 18.3. The van der Waals surface area contributed by atoms with Gasteiger partial charge < -0.3 is 5.11 Å². The number of nitrogens with zero attached hydrogens (tertiary/aromatic N) is 1. The predicted octanol–water partition coefficient (Wildman–Crippen LogP) is 2.91. The number of hydrogen-bond donors (Lipinski definition) is 2. The average Bonchev–Trinajstić information content (AvgIpc) is 2.68. The number of hydrogen-bond acceptors (Lipinski definition) is 5. The molecule has 0 spiro atoms. The van der Waals surface area contributed by atoms with Crippen molar-refractivity contribution in [3.63, 3.8) is 0 Å². The number of sulfonamides is 2. The zero-order chi connectivity index (χ0) is 22.1. The van der Waals surface area contributed by atoms with Crippen molar-refractivity contribution >= 4 is 31.7 Å². The summed E-state index contributed by atoms with van der Waals surface area (Å²) >= 11 is 0. The highest BCUT2D eigenvalue weighted by Gasteiger charge is 2.28. The molecule has 0 amide bonds. The molecule has 10 heteroatoms. The van der Waals surface area contributed by atoms with Gasteiger partial charge in [0.05, 0.1) is 15.4 Å². The van der Waals surface area contributed by atoms with Crippen LogP contribution < -0.4 is 4.72 Å². The van der Waals surface area contributed by atoms with Gasteiger partial charge in [-0.15, -0.1) is 0 Å². The van der Waals surface area contributed by atoms with E-state index in [0.29, 0.717) is 24.6 Å². The number of carboxylic acids is 1. The van der Waals surface area contributed by atoms with Gasteiger partial charge in [-0.05, 0) is 67.6 Å². The van der Waals surface area contributed by atoms with Crippen LogP contribution in [0.3, 0.4) is 0 Å². The molecule has 1 aliphatic heterocycles. The highest BCUT2D eigenvalue weighted by molar-refractivity contribution is 7.92. The molecule has 0 aromatic heterocycles. The van der Waals surface area contributed by atoms with Crippen molar-refractivity contribution in [3.05, 3.63) is 53.6 Å². The minimum Gasteiger partial charge on any atom is -0.478 e. The van der Waals surface area contributed by atoms with Gasteiger partial charge in [-0.1, -0.05) is 13.0 Å². The van der Waals surface area contributed by atoms with Crippen LogP contribution >= 0.6 is 0 Å². The fourth-order valence-corrected chi connectivity index (χ4v) is 6.37. The van der Waals surface area contributed by atoms with E-state index in [1.165, 1.54) is 40.7 Å². The number of benzene rings is 2. The fraction of sp³-hybridized carbons (Fsp3) is 0.350. The summed E-state index contributed by atoms with van der Waals surface area (Å²) in [7, 11) is -7.69. The summed E-state index contributed by atoms with van der Waals surface area (Å²) in [4.78, 5) is 11.1. The Morgan fingerprint density at radius 3 is 2.37 bits per heavy atom. The van der Waals surface area contributed by atoms with Crippen molar-refractivity contribution in [2.75, 3.05) is 17.8 Å². The topological polar surface area (TPSA) is 121 Å². The average molecular weight is 453 g/mol. The van der Waals surface area contributed by atoms with Crippen LogP contribution in [-0.4, -0.2) is 45.3 Å². The monoisotopic (exact) mass is 452 g/mol. The number of piperidine rings is 1. The number of carbonyl (C=O) groups is 1. The van der Waals surface area contributed by atoms with Gasteiger partial charge >= 0.3 is 5.97 Å². The molecule has 0 saturated carbocycles. The summed E-state index contributed by atoms with van der Waals surface area (Å²) < 4.78 is 55.0. The van der Waals surface area contributed by atoms with Gasteiger partial charge in [0.2, 0.25) is 10.0 Å². The number of aromatic carboxylic acids is 1. The summed E-state index contributed by atoms with van der Waals surface area (Å²) in [6.07, 6.45) is 1.81. The summed E-state index contributed by atoms with van der Waals surface area (Å²) in [6.45, 7) is 4.52. The lowest BCUT2D eigenvalue weighted by Gasteiger charge is -2.30. The molecule has 1 atom stereocenters. The van der Waals surface area contributed by atoms with Gasteiger partial charge in [0.15, 0.2) is 0 Å². The van der Waals surface area contributed by atoms with E-state index >= 15 is 0 Å². The lowest BCUT2D eigenvalue weighted by Crippen LogP contribution is -2.39. The van der Waals surface area contributed by atoms with E-state index in [2.05, 4.69) is 4.72 Å². The van der Waals surface area contributed by atoms with Crippen LogP contribution in [0.2, 0.25) is 0 Å². The molecule has 3 rings (SSSR count). The Bertz CT molecular complexity index is 1160. The lowest BCUT2D eigenvalue weighted by atomic mass is 10.0. The van der Waals surface area contributed by atoms with Crippen molar-refractivity contribution in [2.45, 2.75) is 36.5 Å². The van der Waals surface area contributed by atoms with E-state index < -0.39 is 26.0 Å². The molecule has 1 saturated heterocycles. The Labute approximate surface area is 176 Å². The molecule has 1 unspecified atom stereocenters. The molecule has 2 aromatic carbocycles. The van der Waals surface area contributed by atoms with Gasteiger partial charge in [0, 0.05) is 18.8 Å². The normalized spacial score (nSPS) is 18.1. The molecular weight excluding hydrogens is 428 g/mol. The first-order valence-electron chi connectivity index (χ1n) is 9.48. The van der Waals surface area contributed by atoms with Crippen LogP contribution in [-0.2, 0) is 20.0 Å². The number of anilines is 1. The summed E-state index contributed by atoms with van der Waals surface area (Å²) in [5, 5.41) is 9.11. The Morgan fingerprint density at radius 2 is 1.77 bits per heavy atom. The van der Waals surface area contributed by atoms with Gasteiger partial charge in [-0.3, -0.25) is 4.72 Å². The number of nitrogens with one attached hydrogen (secondary N) is 1. The minimum atomic E-state index is -4.05. The van der Waals surface area contributed by atoms with Crippen LogP contribution in [0.15, 0.2) is 52.3 Å². The number of carboxylic acid groups (broad SMARTS) is 1. The molecule has 2 N–H and O–H groups in total. The maximum Gasteiger partial charge on any atom is 0.335 e. The minimum absolute atomic E-state index is 0.101. The van der Waals surface area contributed by atoms with Crippen LogP contribution in [0.4, 0.5) is 5.69 Å². The van der Waals surface area contributed by atoms with E-state index in [-0.39, 0.29) is 21.0 Å². The molecule has 1 aliphatic rings. The van der Waals surface area contributed by atoms with Crippen molar-refractivity contribution in [1.82, 2.24) is 4.31 Å². The third kappa shape index (κ3) is 4.66. The fourth-order valence-electron chi connectivity index (χ4n) is 3.44. The van der Waals surface area contributed by atoms with Crippen LogP contribution in [0.5, 0.6) is 0 Å². The third-order valence-electron chi connectivity index (χ3n) is 5.09. The molecule has 30 heavy (non-hydrogen) atoms. The first-order valence-corrected chi connectivity index (χ1v) is 12.4. The molecule has 8 nitrogen and oxygen atoms in total. The van der Waals surface area contributed by atoms with Gasteiger partial charge in [0.1, 0.15) is 0 Å². The Kier molecular flexibility index (Phi) is 6.21. The first kappa shape index (κ1) is 22.3. The van der Waals surface area contributed by atoms with E-state index in [1.807, 2.05) is 6.92 Å². The second-order valence-corrected chi connectivity index (χ2v) is 11.1. The van der Waals surface area contributed by atoms with Crippen LogP contribution in [0.25, 0.3) is 0 Å². The zero-order valence-electron chi connectivity index (χ0n) is 16.7. The van der Waals surface area contributed by atoms with E-state index in [4.69, 9.17) is 5.11 Å². The summed E-state index contributed by atoms with van der Waals surface area (Å²) in [5.41, 5.74) is 0.435. The van der Waals surface area contributed by atoms with Crippen molar-refractivity contribution in [1.29, 1.82) is 0 Å². The largest absolute Gasteiger partial charge is 0.478 e. The van der Waals surface area contributed by atoms with E-state index in [9.17, 15) is 21.6 Å². The van der Waals surface area contributed by atoms with Crippen molar-refractivity contribution in [2.24, 2.45) is 5.92 Å². The summed E-state index contributed by atoms with van der Waals surface area (Å²) in [6, 6.07) is 9.35. The standard InChI is InChI=1S/C20H24N2O6S2/c1-14-4-3-11-22(13-14)30(27,28)18-9-7-17(8-10-18)21-29(25,26)19-12-16(20(23)24)6-5-15(19)2/h5-10,12,14,21H,3-4,11,13H2,1-2H3,(H,23,24). The second-order valence-electron chi connectivity index (χ2n) is 7.53. The molecule has 162 valence electrons. The molecule has 0 bridgehead atoms. The maximum absolute atomic E-state index is 12.8. The Balaban J connectivity index is 1.83. The third-order valence-corrected chi connectivity index (χ3v) is 8.49. The molecule has 0 radical (unpaired) electrons. The lowest BCUT2D eigenvalue weighted by molar-refractivity contribution is 0.0696. The molecule has 1 fully saturated rings. The maximum atomic E-state index is 12.8. The smallest absolute Gasteiger partial charge is 0.335 e. The predicted molar refractivity (Wildman–Crippen MR) is 113 cm³/mol.